The molecule has 0 unspecified atom stereocenters. The molecule has 0 aliphatic carbocycles. The highest BCUT2D eigenvalue weighted by atomic mass is 16.4. The lowest BCUT2D eigenvalue weighted by Crippen LogP contribution is -2.27. The molecule has 96 valence electrons. The third kappa shape index (κ3) is 4.58. The van der Waals surface area contributed by atoms with Crippen molar-refractivity contribution in [3.05, 3.63) is 24.6 Å². The first-order valence-electron chi connectivity index (χ1n) is 5.93. The second-order valence-corrected chi connectivity index (χ2v) is 3.76. The average molecular weight is 239 g/mol. The quantitative estimate of drug-likeness (QED) is 0.500. The smallest absolute Gasteiger partial charge is 0.297 e. The van der Waals surface area contributed by atoms with E-state index < -0.39 is 0 Å². The summed E-state index contributed by atoms with van der Waals surface area (Å²) in [5, 5.41) is 12.2. The van der Waals surface area contributed by atoms with E-state index in [9.17, 15) is 0 Å². The third-order valence-corrected chi connectivity index (χ3v) is 2.26. The van der Waals surface area contributed by atoms with Crippen LogP contribution >= 0.6 is 0 Å². The van der Waals surface area contributed by atoms with E-state index in [0.717, 1.165) is 18.7 Å². The molecule has 0 saturated carbocycles. The topological polar surface area (TPSA) is 61.5 Å². The van der Waals surface area contributed by atoms with Gasteiger partial charge in [-0.15, -0.1) is 6.58 Å². The van der Waals surface area contributed by atoms with Gasteiger partial charge < -0.3 is 19.7 Å². The van der Waals surface area contributed by atoms with Gasteiger partial charge in [-0.2, -0.15) is 4.98 Å². The normalized spacial score (nSPS) is 10.5. The van der Waals surface area contributed by atoms with Crippen LogP contribution in [0.2, 0.25) is 0 Å². The molecule has 0 spiro atoms. The minimum Gasteiger partial charge on any atom is -0.432 e. The van der Waals surface area contributed by atoms with Crippen LogP contribution in [0.5, 0.6) is 0 Å². The molecule has 0 aliphatic heterocycles. The number of rotatable bonds is 9. The summed E-state index contributed by atoms with van der Waals surface area (Å²) in [6.07, 6.45) is 4.50. The van der Waals surface area contributed by atoms with Gasteiger partial charge in [0.2, 0.25) is 0 Å². The van der Waals surface area contributed by atoms with Gasteiger partial charge >= 0.3 is 0 Å². The maximum Gasteiger partial charge on any atom is 0.297 e. The lowest BCUT2D eigenvalue weighted by atomic mass is 10.4. The Bertz CT molecular complexity index is 325. The summed E-state index contributed by atoms with van der Waals surface area (Å²) in [5.41, 5.74) is 0.875. The van der Waals surface area contributed by atoms with Crippen LogP contribution in [0, 0.1) is 0 Å². The highest BCUT2D eigenvalue weighted by Gasteiger charge is 2.10. The summed E-state index contributed by atoms with van der Waals surface area (Å²) in [4.78, 5) is 6.20. The predicted molar refractivity (Wildman–Crippen MR) is 68.0 cm³/mol. The molecule has 2 N–H and O–H groups in total. The first-order chi connectivity index (χ1) is 8.31. The van der Waals surface area contributed by atoms with Crippen molar-refractivity contribution in [3.63, 3.8) is 0 Å². The molecule has 0 aliphatic rings. The Morgan fingerprint density at radius 3 is 3.12 bits per heavy atom. The Morgan fingerprint density at radius 2 is 2.47 bits per heavy atom. The Hall–Kier alpha value is -1.33. The molecule has 1 aromatic rings. The Kier molecular flexibility index (Phi) is 6.35. The van der Waals surface area contributed by atoms with Crippen LogP contribution in [0.4, 0.5) is 6.01 Å². The van der Waals surface area contributed by atoms with Crippen LogP contribution in [0.25, 0.3) is 0 Å². The van der Waals surface area contributed by atoms with Gasteiger partial charge in [-0.05, 0) is 13.0 Å². The molecule has 5 nitrogen and oxygen atoms in total. The van der Waals surface area contributed by atoms with Crippen LogP contribution in [-0.2, 0) is 6.54 Å². The van der Waals surface area contributed by atoms with Crippen molar-refractivity contribution in [1.29, 1.82) is 0 Å². The summed E-state index contributed by atoms with van der Waals surface area (Å²) in [7, 11) is 0. The highest BCUT2D eigenvalue weighted by Crippen LogP contribution is 2.13. The maximum atomic E-state index is 8.95. The SMILES string of the molecule is C=CCN(CCO)c1nc(CNCCC)co1. The molecule has 5 heteroatoms. The number of nitrogens with one attached hydrogen (secondary N) is 1. The lowest BCUT2D eigenvalue weighted by molar-refractivity contribution is 0.300. The molecule has 1 rings (SSSR count). The van der Waals surface area contributed by atoms with Crippen LogP contribution in [0.15, 0.2) is 23.3 Å². The van der Waals surface area contributed by atoms with E-state index in [4.69, 9.17) is 9.52 Å². The van der Waals surface area contributed by atoms with E-state index in [0.29, 0.717) is 25.6 Å². The van der Waals surface area contributed by atoms with Crippen molar-refractivity contribution in [3.8, 4) is 0 Å². The van der Waals surface area contributed by atoms with E-state index in [1.807, 2.05) is 4.90 Å². The maximum absolute atomic E-state index is 8.95. The molecular formula is C12H21N3O2. The summed E-state index contributed by atoms with van der Waals surface area (Å²) < 4.78 is 5.38. The molecule has 17 heavy (non-hydrogen) atoms. The summed E-state index contributed by atoms with van der Waals surface area (Å²) in [6, 6.07) is 0.534. The summed E-state index contributed by atoms with van der Waals surface area (Å²) in [5.74, 6) is 0. The fraction of sp³-hybridized carbons (Fsp3) is 0.583. The van der Waals surface area contributed by atoms with Crippen LogP contribution in [0.3, 0.4) is 0 Å². The standard InChI is InChI=1S/C12H21N3O2/c1-3-5-13-9-11-10-17-12(14-11)15(6-4-2)7-8-16/h4,10,13,16H,2-3,5-9H2,1H3. The second kappa shape index (κ2) is 7.86. The first-order valence-corrected chi connectivity index (χ1v) is 5.93. The number of aliphatic hydroxyl groups excluding tert-OH is 1. The zero-order chi connectivity index (χ0) is 12.5. The van der Waals surface area contributed by atoms with Gasteiger partial charge in [-0.3, -0.25) is 0 Å². The van der Waals surface area contributed by atoms with E-state index in [-0.39, 0.29) is 6.61 Å². The first kappa shape index (κ1) is 13.7. The van der Waals surface area contributed by atoms with Gasteiger partial charge in [0.25, 0.3) is 6.01 Å². The largest absolute Gasteiger partial charge is 0.432 e. The Morgan fingerprint density at radius 1 is 1.65 bits per heavy atom. The van der Waals surface area contributed by atoms with Gasteiger partial charge in [0.15, 0.2) is 0 Å². The van der Waals surface area contributed by atoms with Crippen LogP contribution in [0.1, 0.15) is 19.0 Å². The van der Waals surface area contributed by atoms with Crippen LogP contribution < -0.4 is 10.2 Å². The number of anilines is 1. The van der Waals surface area contributed by atoms with Crippen molar-refractivity contribution in [1.82, 2.24) is 10.3 Å². The summed E-state index contributed by atoms with van der Waals surface area (Å²) >= 11 is 0. The predicted octanol–water partition coefficient (Wildman–Crippen LogP) is 1.16. The third-order valence-electron chi connectivity index (χ3n) is 2.26. The minimum atomic E-state index is 0.0691. The number of aromatic nitrogens is 1. The molecule has 0 bridgehead atoms. The van der Waals surface area contributed by atoms with Gasteiger partial charge in [-0.1, -0.05) is 13.0 Å². The van der Waals surface area contributed by atoms with E-state index in [1.165, 1.54) is 0 Å². The lowest BCUT2D eigenvalue weighted by Gasteiger charge is -2.16. The average Bonchev–Trinajstić information content (AvgIpc) is 2.78. The Labute approximate surface area is 102 Å². The number of oxazole rings is 1. The van der Waals surface area contributed by atoms with E-state index in [2.05, 4.69) is 23.8 Å². The zero-order valence-electron chi connectivity index (χ0n) is 10.4. The van der Waals surface area contributed by atoms with Crippen molar-refractivity contribution < 1.29 is 9.52 Å². The molecule has 0 aromatic carbocycles. The fourth-order valence-corrected chi connectivity index (χ4v) is 1.46. The number of aliphatic hydroxyl groups is 1. The molecular weight excluding hydrogens is 218 g/mol. The second-order valence-electron chi connectivity index (χ2n) is 3.76. The molecule has 1 aromatic heterocycles. The number of hydrogen-bond donors (Lipinski definition) is 2. The van der Waals surface area contributed by atoms with Crippen LogP contribution in [-0.4, -0.2) is 36.3 Å². The molecule has 0 saturated heterocycles. The molecule has 0 amide bonds. The number of hydrogen-bond acceptors (Lipinski definition) is 5. The zero-order valence-corrected chi connectivity index (χ0v) is 10.4. The monoisotopic (exact) mass is 239 g/mol. The summed E-state index contributed by atoms with van der Waals surface area (Å²) in [6.45, 7) is 8.64. The highest BCUT2D eigenvalue weighted by molar-refractivity contribution is 5.28. The van der Waals surface area contributed by atoms with Gasteiger partial charge in [-0.25, -0.2) is 0 Å². The van der Waals surface area contributed by atoms with Gasteiger partial charge in [0.05, 0.1) is 12.3 Å². The van der Waals surface area contributed by atoms with E-state index in [1.54, 1.807) is 12.3 Å². The molecule has 0 fully saturated rings. The molecule has 1 heterocycles. The van der Waals surface area contributed by atoms with Gasteiger partial charge in [0, 0.05) is 19.6 Å². The van der Waals surface area contributed by atoms with E-state index >= 15 is 0 Å². The van der Waals surface area contributed by atoms with Crippen molar-refractivity contribution in [2.45, 2.75) is 19.9 Å². The Balaban J connectivity index is 2.54. The molecule has 0 radical (unpaired) electrons. The van der Waals surface area contributed by atoms with Crippen molar-refractivity contribution in [2.24, 2.45) is 0 Å². The van der Waals surface area contributed by atoms with Gasteiger partial charge in [0.1, 0.15) is 6.26 Å². The van der Waals surface area contributed by atoms with Crippen molar-refractivity contribution in [2.75, 3.05) is 31.1 Å². The minimum absolute atomic E-state index is 0.0691. The fourth-order valence-electron chi connectivity index (χ4n) is 1.46. The van der Waals surface area contributed by atoms with Crippen molar-refractivity contribution >= 4 is 6.01 Å². The number of nitrogens with zero attached hydrogens (tertiary/aromatic N) is 2. The molecule has 0 atom stereocenters.